The summed E-state index contributed by atoms with van der Waals surface area (Å²) in [7, 11) is 0. The van der Waals surface area contributed by atoms with Crippen molar-refractivity contribution in [3.05, 3.63) is 29.8 Å². The molecule has 0 aromatic heterocycles. The summed E-state index contributed by atoms with van der Waals surface area (Å²) in [6.45, 7) is 3.72. The summed E-state index contributed by atoms with van der Waals surface area (Å²) in [4.78, 5) is 2.37. The zero-order valence-electron chi connectivity index (χ0n) is 10.0. The molecular formula is C14H19NO2. The fourth-order valence-electron chi connectivity index (χ4n) is 2.89. The molecule has 0 amide bonds. The minimum Gasteiger partial charge on any atom is -0.493 e. The number of aliphatic hydroxyl groups is 1. The van der Waals surface area contributed by atoms with E-state index in [2.05, 4.69) is 17.0 Å². The molecule has 2 aliphatic rings. The third-order valence-corrected chi connectivity index (χ3v) is 3.76. The lowest BCUT2D eigenvalue weighted by atomic mass is 9.99. The van der Waals surface area contributed by atoms with Crippen molar-refractivity contribution in [2.24, 2.45) is 0 Å². The van der Waals surface area contributed by atoms with Gasteiger partial charge < -0.3 is 14.7 Å². The van der Waals surface area contributed by atoms with Crippen LogP contribution in [0.3, 0.4) is 0 Å². The fourth-order valence-corrected chi connectivity index (χ4v) is 2.89. The largest absolute Gasteiger partial charge is 0.493 e. The lowest BCUT2D eigenvalue weighted by Gasteiger charge is -2.31. The van der Waals surface area contributed by atoms with Crippen LogP contribution in [0.2, 0.25) is 0 Å². The molecule has 0 saturated carbocycles. The Bertz CT molecular complexity index is 394. The van der Waals surface area contributed by atoms with Gasteiger partial charge >= 0.3 is 0 Å². The van der Waals surface area contributed by atoms with E-state index >= 15 is 0 Å². The van der Waals surface area contributed by atoms with Gasteiger partial charge in [-0.2, -0.15) is 0 Å². The molecule has 1 saturated heterocycles. The molecule has 0 bridgehead atoms. The van der Waals surface area contributed by atoms with Crippen molar-refractivity contribution in [2.75, 3.05) is 26.2 Å². The van der Waals surface area contributed by atoms with Gasteiger partial charge in [0.25, 0.3) is 0 Å². The number of ether oxygens (including phenoxy) is 1. The summed E-state index contributed by atoms with van der Waals surface area (Å²) in [5.41, 5.74) is 1.33. The van der Waals surface area contributed by atoms with E-state index in [-0.39, 0.29) is 6.10 Å². The molecular weight excluding hydrogens is 214 g/mol. The predicted octanol–water partition coefficient (Wildman–Crippen LogP) is 1.62. The summed E-state index contributed by atoms with van der Waals surface area (Å²) < 4.78 is 5.69. The van der Waals surface area contributed by atoms with Crippen LogP contribution < -0.4 is 4.74 Å². The van der Waals surface area contributed by atoms with Crippen LogP contribution in [-0.2, 0) is 0 Å². The molecule has 17 heavy (non-hydrogen) atoms. The van der Waals surface area contributed by atoms with Crippen LogP contribution in [0, 0.1) is 0 Å². The SMILES string of the molecule is O[C@H]1CCCN(CC2COc3ccccc32)C1. The lowest BCUT2D eigenvalue weighted by Crippen LogP contribution is -2.40. The Hall–Kier alpha value is -1.06. The van der Waals surface area contributed by atoms with Gasteiger partial charge in [0, 0.05) is 24.6 Å². The summed E-state index contributed by atoms with van der Waals surface area (Å²) in [6.07, 6.45) is 1.92. The molecule has 3 nitrogen and oxygen atoms in total. The Labute approximate surface area is 102 Å². The number of para-hydroxylation sites is 1. The van der Waals surface area contributed by atoms with E-state index in [0.29, 0.717) is 5.92 Å². The molecule has 1 aromatic rings. The van der Waals surface area contributed by atoms with Crippen molar-refractivity contribution in [3.63, 3.8) is 0 Å². The minimum atomic E-state index is -0.138. The second kappa shape index (κ2) is 4.67. The normalized spacial score (nSPS) is 28.8. The van der Waals surface area contributed by atoms with E-state index in [9.17, 15) is 5.11 Å². The Morgan fingerprint density at radius 1 is 1.35 bits per heavy atom. The second-order valence-electron chi connectivity index (χ2n) is 5.10. The number of β-amino-alcohol motifs (C(OH)–C–C–N with tert-alkyl or cyclic N) is 1. The van der Waals surface area contributed by atoms with Crippen LogP contribution in [0.5, 0.6) is 5.75 Å². The molecule has 0 aliphatic carbocycles. The van der Waals surface area contributed by atoms with E-state index in [1.54, 1.807) is 0 Å². The molecule has 0 spiro atoms. The number of nitrogens with zero attached hydrogens (tertiary/aromatic N) is 1. The number of likely N-dealkylation sites (tertiary alicyclic amines) is 1. The third-order valence-electron chi connectivity index (χ3n) is 3.76. The highest BCUT2D eigenvalue weighted by atomic mass is 16.5. The number of fused-ring (bicyclic) bond motifs is 1. The Balaban J connectivity index is 1.67. The lowest BCUT2D eigenvalue weighted by molar-refractivity contribution is 0.0659. The Morgan fingerprint density at radius 2 is 2.24 bits per heavy atom. The van der Waals surface area contributed by atoms with Crippen molar-refractivity contribution in [2.45, 2.75) is 24.9 Å². The summed E-state index contributed by atoms with van der Waals surface area (Å²) >= 11 is 0. The zero-order valence-corrected chi connectivity index (χ0v) is 10.0. The number of aliphatic hydroxyl groups excluding tert-OH is 1. The van der Waals surface area contributed by atoms with Crippen LogP contribution in [0.1, 0.15) is 24.3 Å². The average Bonchev–Trinajstić information content (AvgIpc) is 2.73. The first-order valence-corrected chi connectivity index (χ1v) is 6.45. The number of benzene rings is 1. The topological polar surface area (TPSA) is 32.7 Å². The van der Waals surface area contributed by atoms with Crippen LogP contribution >= 0.6 is 0 Å². The average molecular weight is 233 g/mol. The first kappa shape index (κ1) is 11.1. The van der Waals surface area contributed by atoms with Gasteiger partial charge in [-0.15, -0.1) is 0 Å². The first-order valence-electron chi connectivity index (χ1n) is 6.45. The van der Waals surface area contributed by atoms with Crippen LogP contribution in [0.4, 0.5) is 0 Å². The number of piperidine rings is 1. The summed E-state index contributed by atoms with van der Waals surface area (Å²) in [5.74, 6) is 1.51. The molecule has 1 N–H and O–H groups in total. The van der Waals surface area contributed by atoms with E-state index in [0.717, 1.165) is 44.8 Å². The maximum Gasteiger partial charge on any atom is 0.122 e. The predicted molar refractivity (Wildman–Crippen MR) is 66.4 cm³/mol. The van der Waals surface area contributed by atoms with Gasteiger partial charge in [-0.05, 0) is 25.5 Å². The number of rotatable bonds is 2. The fraction of sp³-hybridized carbons (Fsp3) is 0.571. The molecule has 2 atom stereocenters. The molecule has 3 heteroatoms. The highest BCUT2D eigenvalue weighted by molar-refractivity contribution is 5.39. The van der Waals surface area contributed by atoms with Gasteiger partial charge in [0.05, 0.1) is 12.7 Å². The van der Waals surface area contributed by atoms with E-state index in [4.69, 9.17) is 4.74 Å². The van der Waals surface area contributed by atoms with Gasteiger partial charge in [-0.1, -0.05) is 18.2 Å². The molecule has 2 aliphatic heterocycles. The zero-order chi connectivity index (χ0) is 11.7. The Morgan fingerprint density at radius 3 is 3.12 bits per heavy atom. The molecule has 3 rings (SSSR count). The van der Waals surface area contributed by atoms with Crippen molar-refractivity contribution in [1.29, 1.82) is 0 Å². The molecule has 1 fully saturated rings. The molecule has 1 aromatic carbocycles. The summed E-state index contributed by atoms with van der Waals surface area (Å²) in [6, 6.07) is 8.30. The molecule has 2 heterocycles. The van der Waals surface area contributed by atoms with Crippen molar-refractivity contribution in [1.82, 2.24) is 4.90 Å². The first-order chi connectivity index (χ1) is 8.33. The monoisotopic (exact) mass is 233 g/mol. The van der Waals surface area contributed by atoms with Gasteiger partial charge in [0.1, 0.15) is 5.75 Å². The number of hydrogen-bond acceptors (Lipinski definition) is 3. The van der Waals surface area contributed by atoms with Gasteiger partial charge in [0.15, 0.2) is 0 Å². The smallest absolute Gasteiger partial charge is 0.122 e. The third kappa shape index (κ3) is 2.31. The van der Waals surface area contributed by atoms with Gasteiger partial charge in [-0.3, -0.25) is 0 Å². The van der Waals surface area contributed by atoms with E-state index < -0.39 is 0 Å². The van der Waals surface area contributed by atoms with E-state index in [1.165, 1.54) is 5.56 Å². The quantitative estimate of drug-likeness (QED) is 0.842. The van der Waals surface area contributed by atoms with E-state index in [1.807, 2.05) is 12.1 Å². The maximum absolute atomic E-state index is 9.68. The molecule has 1 unspecified atom stereocenters. The van der Waals surface area contributed by atoms with Gasteiger partial charge in [0.2, 0.25) is 0 Å². The number of hydrogen-bond donors (Lipinski definition) is 1. The molecule has 0 radical (unpaired) electrons. The second-order valence-corrected chi connectivity index (χ2v) is 5.10. The highest BCUT2D eigenvalue weighted by Crippen LogP contribution is 2.34. The standard InChI is InChI=1S/C14H19NO2/c16-12-4-3-7-15(9-12)8-11-10-17-14-6-2-1-5-13(11)14/h1-2,5-6,11-12,16H,3-4,7-10H2/t11?,12-/m0/s1. The Kier molecular flexibility index (Phi) is 3.04. The van der Waals surface area contributed by atoms with Gasteiger partial charge in [-0.25, -0.2) is 0 Å². The summed E-state index contributed by atoms with van der Waals surface area (Å²) in [5, 5.41) is 9.68. The minimum absolute atomic E-state index is 0.138. The van der Waals surface area contributed by atoms with Crippen molar-refractivity contribution in [3.8, 4) is 5.75 Å². The van der Waals surface area contributed by atoms with Crippen LogP contribution in [0.15, 0.2) is 24.3 Å². The highest BCUT2D eigenvalue weighted by Gasteiger charge is 2.27. The van der Waals surface area contributed by atoms with Crippen LogP contribution in [0.25, 0.3) is 0 Å². The van der Waals surface area contributed by atoms with Crippen molar-refractivity contribution < 1.29 is 9.84 Å². The van der Waals surface area contributed by atoms with Crippen LogP contribution in [-0.4, -0.2) is 42.4 Å². The van der Waals surface area contributed by atoms with Crippen molar-refractivity contribution >= 4 is 0 Å². The molecule has 92 valence electrons. The maximum atomic E-state index is 9.68.